The van der Waals surface area contributed by atoms with Crippen LogP contribution < -0.4 is 11.1 Å². The first-order valence-electron chi connectivity index (χ1n) is 10.8. The summed E-state index contributed by atoms with van der Waals surface area (Å²) in [7, 11) is 3.74. The van der Waals surface area contributed by atoms with E-state index in [0.29, 0.717) is 6.61 Å². The zero-order valence-corrected chi connectivity index (χ0v) is 19.7. The highest BCUT2D eigenvalue weighted by atomic mass is 32.1. The van der Waals surface area contributed by atoms with Crippen molar-refractivity contribution in [3.63, 3.8) is 0 Å². The van der Waals surface area contributed by atoms with Gasteiger partial charge >= 0.3 is 0 Å². The summed E-state index contributed by atoms with van der Waals surface area (Å²) in [4.78, 5) is 19.7. The van der Waals surface area contributed by atoms with Gasteiger partial charge in [-0.1, -0.05) is 43.6 Å². The molecule has 1 aliphatic rings. The van der Waals surface area contributed by atoms with E-state index in [1.807, 2.05) is 25.4 Å². The van der Waals surface area contributed by atoms with Gasteiger partial charge in [0.1, 0.15) is 22.8 Å². The van der Waals surface area contributed by atoms with Crippen molar-refractivity contribution in [1.29, 1.82) is 0 Å². The summed E-state index contributed by atoms with van der Waals surface area (Å²) in [5.41, 5.74) is 7.11. The molecular formula is C22H35N7OS. The third-order valence-electron chi connectivity index (χ3n) is 4.49. The van der Waals surface area contributed by atoms with Crippen molar-refractivity contribution in [3.8, 4) is 0 Å². The number of hydrogen-bond donors (Lipinski definition) is 2. The van der Waals surface area contributed by atoms with Gasteiger partial charge in [-0.3, -0.25) is 4.90 Å². The summed E-state index contributed by atoms with van der Waals surface area (Å²) in [6.07, 6.45) is 13.5. The minimum absolute atomic E-state index is 0.700. The number of unbranched alkanes of at least 4 members (excludes halogenated alkanes) is 3. The molecule has 0 saturated heterocycles. The smallest absolute Gasteiger partial charge is 0.190 e. The Bertz CT molecular complexity index is 788. The van der Waals surface area contributed by atoms with Crippen LogP contribution in [0.5, 0.6) is 0 Å². The largest absolute Gasteiger partial charge is 0.383 e. The number of anilines is 2. The molecule has 0 amide bonds. The molecule has 2 aromatic rings. The predicted octanol–water partition coefficient (Wildman–Crippen LogP) is 4.40. The van der Waals surface area contributed by atoms with E-state index >= 15 is 0 Å². The molecule has 3 rings (SSSR count). The fourth-order valence-corrected chi connectivity index (χ4v) is 3.62. The molecule has 9 heteroatoms. The van der Waals surface area contributed by atoms with Gasteiger partial charge in [0.05, 0.1) is 12.3 Å². The van der Waals surface area contributed by atoms with Crippen LogP contribution >= 0.6 is 11.3 Å². The number of ether oxygens (including phenoxy) is 1. The van der Waals surface area contributed by atoms with Gasteiger partial charge in [-0.15, -0.1) is 0 Å². The second-order valence-corrected chi connectivity index (χ2v) is 8.24. The van der Waals surface area contributed by atoms with Gasteiger partial charge in [-0.25, -0.2) is 19.9 Å². The molecule has 3 N–H and O–H groups in total. The third-order valence-corrected chi connectivity index (χ3v) is 5.38. The lowest BCUT2D eigenvalue weighted by Crippen LogP contribution is -2.22. The summed E-state index contributed by atoms with van der Waals surface area (Å²) >= 11 is 1.52. The summed E-state index contributed by atoms with van der Waals surface area (Å²) < 4.78 is 5.09. The highest BCUT2D eigenvalue weighted by molar-refractivity contribution is 7.19. The summed E-state index contributed by atoms with van der Waals surface area (Å²) in [6, 6.07) is 1.94. The minimum Gasteiger partial charge on any atom is -0.383 e. The fourth-order valence-electron chi connectivity index (χ4n) is 2.79. The molecule has 1 aliphatic heterocycles. The van der Waals surface area contributed by atoms with Gasteiger partial charge in [0.25, 0.3) is 0 Å². The zero-order valence-electron chi connectivity index (χ0n) is 18.9. The molecule has 0 unspecified atom stereocenters. The van der Waals surface area contributed by atoms with Crippen molar-refractivity contribution in [1.82, 2.24) is 19.9 Å². The molecule has 2 aromatic heterocycles. The number of nitrogens with one attached hydrogen (secondary N) is 1. The van der Waals surface area contributed by atoms with E-state index in [1.165, 1.54) is 37.0 Å². The first-order valence-corrected chi connectivity index (χ1v) is 11.6. The second kappa shape index (κ2) is 14.7. The summed E-state index contributed by atoms with van der Waals surface area (Å²) in [5, 5.41) is 4.94. The number of aliphatic imine (C=N–C) groups is 1. The zero-order chi connectivity index (χ0) is 22.3. The van der Waals surface area contributed by atoms with Crippen molar-refractivity contribution >= 4 is 39.6 Å². The second-order valence-electron chi connectivity index (χ2n) is 7.26. The Hall–Kier alpha value is -2.20. The van der Waals surface area contributed by atoms with E-state index in [1.54, 1.807) is 13.4 Å². The number of thiazole rings is 1. The number of likely N-dealkylation sites (N-methyl/N-ethyl adjacent to an activating group) is 1. The fraction of sp³-hybridized carbons (Fsp3) is 0.545. The van der Waals surface area contributed by atoms with Crippen LogP contribution in [0.1, 0.15) is 50.4 Å². The van der Waals surface area contributed by atoms with Crippen molar-refractivity contribution in [2.45, 2.75) is 45.6 Å². The van der Waals surface area contributed by atoms with Gasteiger partial charge in [-0.2, -0.15) is 0 Å². The van der Waals surface area contributed by atoms with Gasteiger partial charge in [0.2, 0.25) is 0 Å². The summed E-state index contributed by atoms with van der Waals surface area (Å²) in [6.45, 7) is 5.36. The molecule has 0 fully saturated rings. The molecule has 0 aliphatic carbocycles. The maximum Gasteiger partial charge on any atom is 0.190 e. The lowest BCUT2D eigenvalue weighted by atomic mass is 10.2. The molecule has 8 nitrogen and oxygen atoms in total. The van der Waals surface area contributed by atoms with Gasteiger partial charge in [0.15, 0.2) is 5.13 Å². The number of nitrogens with two attached hydrogens (primary N) is 1. The number of aromatic nitrogens is 3. The average Bonchev–Trinajstić information content (AvgIpc) is 3.01. The summed E-state index contributed by atoms with van der Waals surface area (Å²) in [5.74, 6) is 0.733. The molecule has 0 saturated carbocycles. The van der Waals surface area contributed by atoms with Crippen LogP contribution in [-0.2, 0) is 11.3 Å². The first kappa shape index (κ1) is 25.1. The van der Waals surface area contributed by atoms with Crippen LogP contribution in [-0.4, -0.2) is 59.9 Å². The number of hydrogen-bond acceptors (Lipinski definition) is 9. The maximum absolute atomic E-state index is 5.27. The van der Waals surface area contributed by atoms with Gasteiger partial charge in [0, 0.05) is 38.9 Å². The van der Waals surface area contributed by atoms with E-state index in [4.69, 9.17) is 10.5 Å². The van der Waals surface area contributed by atoms with E-state index in [9.17, 15) is 0 Å². The Balaban J connectivity index is 0.000000423. The SMILES string of the molecule is CCCCCCN.COCCN(C)Cc1cc(Nc2nc3c(s2)N=CCC=C3)ncn1. The van der Waals surface area contributed by atoms with Crippen molar-refractivity contribution in [2.75, 3.05) is 39.2 Å². The van der Waals surface area contributed by atoms with Crippen LogP contribution in [0.3, 0.4) is 0 Å². The normalized spacial score (nSPS) is 12.3. The molecule has 0 aromatic carbocycles. The monoisotopic (exact) mass is 445 g/mol. The lowest BCUT2D eigenvalue weighted by Gasteiger charge is -2.15. The Morgan fingerprint density at radius 2 is 2.13 bits per heavy atom. The van der Waals surface area contributed by atoms with Crippen LogP contribution in [0.15, 0.2) is 23.5 Å². The Morgan fingerprint density at radius 1 is 1.26 bits per heavy atom. The molecular weight excluding hydrogens is 410 g/mol. The molecule has 0 atom stereocenters. The molecule has 170 valence electrons. The first-order chi connectivity index (χ1) is 15.2. The maximum atomic E-state index is 5.27. The van der Waals surface area contributed by atoms with Crippen LogP contribution in [0.4, 0.5) is 16.0 Å². The topological polar surface area (TPSA) is 102 Å². The molecule has 0 spiro atoms. The van der Waals surface area contributed by atoms with Crippen molar-refractivity contribution in [2.24, 2.45) is 10.7 Å². The molecule has 31 heavy (non-hydrogen) atoms. The molecule has 0 bridgehead atoms. The number of rotatable bonds is 11. The van der Waals surface area contributed by atoms with E-state index in [2.05, 4.69) is 43.2 Å². The van der Waals surface area contributed by atoms with Crippen LogP contribution in [0.25, 0.3) is 6.08 Å². The standard InChI is InChI=1S/C16H20N6OS.C6H15N/c1-22(7-8-23-2)10-12-9-14(19-11-18-12)21-16-20-13-5-3-4-6-17-15(13)24-16;1-2-3-4-5-6-7/h3,5-6,9,11H,4,7-8,10H2,1-2H3,(H,18,19,20,21);2-7H2,1H3. The lowest BCUT2D eigenvalue weighted by molar-refractivity contribution is 0.158. The Morgan fingerprint density at radius 3 is 2.90 bits per heavy atom. The van der Waals surface area contributed by atoms with Crippen LogP contribution in [0.2, 0.25) is 0 Å². The van der Waals surface area contributed by atoms with E-state index in [-0.39, 0.29) is 0 Å². The molecule has 0 radical (unpaired) electrons. The third kappa shape index (κ3) is 9.65. The number of methoxy groups -OCH3 is 1. The Kier molecular flexibility index (Phi) is 11.9. The van der Waals surface area contributed by atoms with Gasteiger partial charge in [-0.05, 0) is 26.1 Å². The van der Waals surface area contributed by atoms with Crippen molar-refractivity contribution < 1.29 is 4.74 Å². The van der Waals surface area contributed by atoms with Crippen molar-refractivity contribution in [3.05, 3.63) is 29.9 Å². The number of fused-ring (bicyclic) bond motifs is 1. The van der Waals surface area contributed by atoms with E-state index < -0.39 is 0 Å². The molecule has 3 heterocycles. The minimum atomic E-state index is 0.700. The number of allylic oxidation sites excluding steroid dienone is 1. The predicted molar refractivity (Wildman–Crippen MR) is 131 cm³/mol. The highest BCUT2D eigenvalue weighted by Crippen LogP contribution is 2.34. The van der Waals surface area contributed by atoms with Crippen LogP contribution in [0, 0.1) is 0 Å². The quantitative estimate of drug-likeness (QED) is 0.494. The number of nitrogens with zero attached hydrogens (tertiary/aromatic N) is 5. The Labute approximate surface area is 189 Å². The van der Waals surface area contributed by atoms with E-state index in [0.717, 1.165) is 53.4 Å². The average molecular weight is 446 g/mol. The van der Waals surface area contributed by atoms with Gasteiger partial charge < -0.3 is 15.8 Å². The highest BCUT2D eigenvalue weighted by Gasteiger charge is 2.10.